The molecule has 1 aliphatic rings. The van der Waals surface area contributed by atoms with Gasteiger partial charge in [-0.15, -0.1) is 0 Å². The van der Waals surface area contributed by atoms with Gasteiger partial charge in [0.05, 0.1) is 10.8 Å². The number of aromatic nitrogens is 1. The second-order valence-corrected chi connectivity index (χ2v) is 9.51. The van der Waals surface area contributed by atoms with Crippen molar-refractivity contribution in [3.05, 3.63) is 47.6 Å². The van der Waals surface area contributed by atoms with E-state index in [1.165, 1.54) is 22.3 Å². The third-order valence-corrected chi connectivity index (χ3v) is 7.22. The maximum atomic E-state index is 12.6. The topological polar surface area (TPSA) is 79.4 Å². The van der Waals surface area contributed by atoms with Gasteiger partial charge in [-0.1, -0.05) is 29.8 Å². The molecule has 0 radical (unpaired) electrons. The maximum absolute atomic E-state index is 12.6. The molecule has 0 atom stereocenters. The minimum Gasteiger partial charge on any atom is -0.325 e. The van der Waals surface area contributed by atoms with E-state index in [1.807, 2.05) is 0 Å². The molecule has 3 rings (SSSR count). The lowest BCUT2D eigenvalue weighted by Crippen LogP contribution is -2.35. The molecule has 1 aliphatic heterocycles. The number of carbonyl (C=O) groups excluding carboxylic acids is 1. The van der Waals surface area contributed by atoms with Crippen LogP contribution in [0, 0.1) is 0 Å². The normalized spacial score (nSPS) is 15.4. The van der Waals surface area contributed by atoms with Crippen molar-refractivity contribution in [2.24, 2.45) is 0 Å². The van der Waals surface area contributed by atoms with Gasteiger partial charge in [-0.2, -0.15) is 4.31 Å². The Morgan fingerprint density at radius 3 is 2.44 bits per heavy atom. The molecule has 0 aliphatic carbocycles. The lowest BCUT2D eigenvalue weighted by molar-refractivity contribution is -0.113. The predicted molar refractivity (Wildman–Crippen MR) is 108 cm³/mol. The minimum atomic E-state index is -3.48. The van der Waals surface area contributed by atoms with Crippen LogP contribution in [0.25, 0.3) is 0 Å². The van der Waals surface area contributed by atoms with Gasteiger partial charge in [0.15, 0.2) is 0 Å². The van der Waals surface area contributed by atoms with Gasteiger partial charge in [-0.05, 0) is 49.2 Å². The fraction of sp³-hybridized carbons (Fsp3) is 0.333. The minimum absolute atomic E-state index is 0.172. The van der Waals surface area contributed by atoms with Crippen LogP contribution >= 0.6 is 23.4 Å². The Balaban J connectivity index is 1.55. The number of nitrogens with one attached hydrogen (secondary N) is 1. The molecule has 0 spiro atoms. The molecule has 0 saturated carbocycles. The Kier molecular flexibility index (Phi) is 6.75. The Bertz CT molecular complexity index is 881. The van der Waals surface area contributed by atoms with Gasteiger partial charge in [0.2, 0.25) is 15.9 Å². The summed E-state index contributed by atoms with van der Waals surface area (Å²) in [4.78, 5) is 16.4. The number of amides is 1. The zero-order valence-electron chi connectivity index (χ0n) is 14.6. The van der Waals surface area contributed by atoms with Crippen LogP contribution in [0.2, 0.25) is 5.02 Å². The van der Waals surface area contributed by atoms with Gasteiger partial charge in [-0.3, -0.25) is 4.79 Å². The summed E-state index contributed by atoms with van der Waals surface area (Å²) in [6, 6.07) is 10.0. The zero-order valence-corrected chi connectivity index (χ0v) is 17.0. The summed E-state index contributed by atoms with van der Waals surface area (Å²) in [6.07, 6.45) is 4.22. The Labute approximate surface area is 168 Å². The number of piperidine rings is 1. The number of rotatable bonds is 6. The fourth-order valence-electron chi connectivity index (χ4n) is 2.73. The lowest BCUT2D eigenvalue weighted by atomic mass is 10.2. The fourth-order valence-corrected chi connectivity index (χ4v) is 4.96. The summed E-state index contributed by atoms with van der Waals surface area (Å²) in [6.45, 7) is 1.12. The molecule has 1 aromatic heterocycles. The molecule has 144 valence electrons. The van der Waals surface area contributed by atoms with Gasteiger partial charge < -0.3 is 5.32 Å². The highest BCUT2D eigenvalue weighted by Crippen LogP contribution is 2.22. The summed E-state index contributed by atoms with van der Waals surface area (Å²) >= 11 is 7.06. The van der Waals surface area contributed by atoms with E-state index in [4.69, 9.17) is 11.6 Å². The van der Waals surface area contributed by atoms with E-state index in [1.54, 1.807) is 36.4 Å². The van der Waals surface area contributed by atoms with Crippen molar-refractivity contribution < 1.29 is 13.2 Å². The first-order valence-electron chi connectivity index (χ1n) is 8.59. The van der Waals surface area contributed by atoms with Gasteiger partial charge >= 0.3 is 0 Å². The van der Waals surface area contributed by atoms with E-state index >= 15 is 0 Å². The predicted octanol–water partition coefficient (Wildman–Crippen LogP) is 3.64. The first-order valence-corrected chi connectivity index (χ1v) is 11.4. The Morgan fingerprint density at radius 2 is 1.81 bits per heavy atom. The molecule has 27 heavy (non-hydrogen) atoms. The van der Waals surface area contributed by atoms with Crippen LogP contribution in [0.1, 0.15) is 19.3 Å². The Morgan fingerprint density at radius 1 is 1.11 bits per heavy atom. The van der Waals surface area contributed by atoms with E-state index in [9.17, 15) is 13.2 Å². The lowest BCUT2D eigenvalue weighted by Gasteiger charge is -2.25. The van der Waals surface area contributed by atoms with Crippen molar-refractivity contribution >= 4 is 45.0 Å². The van der Waals surface area contributed by atoms with E-state index < -0.39 is 10.0 Å². The standard InChI is InChI=1S/C18H20ClN3O3S2/c19-14-4-6-15(7-5-14)21-17(23)13-26-18-9-8-16(12-20-18)27(24,25)22-10-2-1-3-11-22/h4-9,12H,1-3,10-11,13H2,(H,21,23). The van der Waals surface area contributed by atoms with E-state index in [0.717, 1.165) is 19.3 Å². The van der Waals surface area contributed by atoms with Crippen molar-refractivity contribution in [1.29, 1.82) is 0 Å². The summed E-state index contributed by atoms with van der Waals surface area (Å²) in [5.74, 6) is 0.00236. The molecule has 1 fully saturated rings. The highest BCUT2D eigenvalue weighted by atomic mass is 35.5. The first kappa shape index (κ1) is 20.1. The van der Waals surface area contributed by atoms with E-state index in [0.29, 0.717) is 28.8 Å². The number of nitrogens with zero attached hydrogens (tertiary/aromatic N) is 2. The molecule has 2 aromatic rings. The van der Waals surface area contributed by atoms with Crippen LogP contribution in [0.5, 0.6) is 0 Å². The van der Waals surface area contributed by atoms with Gasteiger partial charge in [0, 0.05) is 30.0 Å². The quantitative estimate of drug-likeness (QED) is 0.714. The molecule has 2 heterocycles. The molecular formula is C18H20ClN3O3S2. The molecule has 1 saturated heterocycles. The van der Waals surface area contributed by atoms with Gasteiger partial charge in [0.1, 0.15) is 4.90 Å². The molecule has 0 unspecified atom stereocenters. The van der Waals surface area contributed by atoms with Crippen molar-refractivity contribution in [1.82, 2.24) is 9.29 Å². The van der Waals surface area contributed by atoms with Gasteiger partial charge in [0.25, 0.3) is 0 Å². The molecule has 0 bridgehead atoms. The summed E-state index contributed by atoms with van der Waals surface area (Å²) in [7, 11) is -3.48. The highest BCUT2D eigenvalue weighted by Gasteiger charge is 2.26. The van der Waals surface area contributed by atoms with Crippen molar-refractivity contribution in [2.75, 3.05) is 24.2 Å². The van der Waals surface area contributed by atoms with E-state index in [-0.39, 0.29) is 16.6 Å². The number of thioether (sulfide) groups is 1. The third-order valence-electron chi connectivity index (χ3n) is 4.14. The molecule has 1 aromatic carbocycles. The average Bonchev–Trinajstić information content (AvgIpc) is 2.69. The summed E-state index contributed by atoms with van der Waals surface area (Å²) < 4.78 is 26.7. The first-order chi connectivity index (χ1) is 12.9. The number of anilines is 1. The number of pyridine rings is 1. The van der Waals surface area contributed by atoms with Crippen LogP contribution in [0.3, 0.4) is 0 Å². The summed E-state index contributed by atoms with van der Waals surface area (Å²) in [5, 5.41) is 3.97. The molecule has 1 amide bonds. The van der Waals surface area contributed by atoms with Crippen molar-refractivity contribution in [3.8, 4) is 0 Å². The molecule has 6 nitrogen and oxygen atoms in total. The Hall–Kier alpha value is -1.61. The van der Waals surface area contributed by atoms with Crippen LogP contribution in [-0.2, 0) is 14.8 Å². The number of hydrogen-bond acceptors (Lipinski definition) is 5. The highest BCUT2D eigenvalue weighted by molar-refractivity contribution is 7.99. The van der Waals surface area contributed by atoms with Crippen molar-refractivity contribution in [2.45, 2.75) is 29.2 Å². The van der Waals surface area contributed by atoms with Crippen LogP contribution < -0.4 is 5.32 Å². The third kappa shape index (κ3) is 5.44. The van der Waals surface area contributed by atoms with Crippen LogP contribution in [0.4, 0.5) is 5.69 Å². The second kappa shape index (κ2) is 9.05. The number of hydrogen-bond donors (Lipinski definition) is 1. The maximum Gasteiger partial charge on any atom is 0.244 e. The van der Waals surface area contributed by atoms with Crippen LogP contribution in [-0.4, -0.2) is 42.5 Å². The second-order valence-electron chi connectivity index (χ2n) is 6.14. The molecular weight excluding hydrogens is 406 g/mol. The monoisotopic (exact) mass is 425 g/mol. The number of benzene rings is 1. The summed E-state index contributed by atoms with van der Waals surface area (Å²) in [5.41, 5.74) is 0.668. The van der Waals surface area contributed by atoms with E-state index in [2.05, 4.69) is 10.3 Å². The SMILES string of the molecule is O=C(CSc1ccc(S(=O)(=O)N2CCCCC2)cn1)Nc1ccc(Cl)cc1. The molecule has 1 N–H and O–H groups in total. The average molecular weight is 426 g/mol. The largest absolute Gasteiger partial charge is 0.325 e. The zero-order chi connectivity index (χ0) is 19.3. The number of halogens is 1. The molecule has 9 heteroatoms. The van der Waals surface area contributed by atoms with Crippen LogP contribution in [0.15, 0.2) is 52.5 Å². The van der Waals surface area contributed by atoms with Crippen molar-refractivity contribution in [3.63, 3.8) is 0 Å². The number of sulfonamides is 1. The van der Waals surface area contributed by atoms with Gasteiger partial charge in [-0.25, -0.2) is 13.4 Å². The smallest absolute Gasteiger partial charge is 0.244 e. The number of carbonyl (C=O) groups is 1.